The molecule has 0 bridgehead atoms. The highest BCUT2D eigenvalue weighted by atomic mass is 35.5. The quantitative estimate of drug-likeness (QED) is 0.767. The summed E-state index contributed by atoms with van der Waals surface area (Å²) in [4.78, 5) is 10.6. The highest BCUT2D eigenvalue weighted by Gasteiger charge is 2.11. The van der Waals surface area contributed by atoms with Gasteiger partial charge >= 0.3 is 5.97 Å². The summed E-state index contributed by atoms with van der Waals surface area (Å²) in [5.74, 6) is -0.212. The van der Waals surface area contributed by atoms with Crippen LogP contribution in [0.4, 0.5) is 0 Å². The fourth-order valence-electron chi connectivity index (χ4n) is 1.88. The van der Waals surface area contributed by atoms with Crippen LogP contribution in [0.3, 0.4) is 0 Å². The van der Waals surface area contributed by atoms with Crippen molar-refractivity contribution < 1.29 is 19.4 Å². The summed E-state index contributed by atoms with van der Waals surface area (Å²) in [6.45, 7) is 0.303. The first kappa shape index (κ1) is 17.2. The minimum atomic E-state index is -1.04. The van der Waals surface area contributed by atoms with Crippen molar-refractivity contribution >= 4 is 35.2 Å². The molecule has 0 aromatic heterocycles. The highest BCUT2D eigenvalue weighted by Crippen LogP contribution is 2.37. The molecule has 23 heavy (non-hydrogen) atoms. The van der Waals surface area contributed by atoms with Gasteiger partial charge in [-0.2, -0.15) is 0 Å². The van der Waals surface area contributed by atoms with Crippen molar-refractivity contribution in [1.29, 1.82) is 0 Å². The molecule has 0 aliphatic rings. The lowest BCUT2D eigenvalue weighted by molar-refractivity contribution is -0.131. The van der Waals surface area contributed by atoms with Gasteiger partial charge in [0, 0.05) is 11.1 Å². The number of aliphatic carboxylic acids is 1. The van der Waals surface area contributed by atoms with Gasteiger partial charge in [-0.25, -0.2) is 4.79 Å². The number of carboxylic acids is 1. The van der Waals surface area contributed by atoms with Crippen LogP contribution >= 0.6 is 23.2 Å². The lowest BCUT2D eigenvalue weighted by Gasteiger charge is -2.13. The molecule has 0 amide bonds. The van der Waals surface area contributed by atoms with E-state index in [1.165, 1.54) is 13.2 Å². The molecule has 0 aliphatic heterocycles. The molecule has 0 fully saturated rings. The third-order valence-corrected chi connectivity index (χ3v) is 3.50. The Balaban J connectivity index is 2.20. The number of ether oxygens (including phenoxy) is 2. The zero-order valence-electron chi connectivity index (χ0n) is 12.3. The van der Waals surface area contributed by atoms with E-state index in [0.29, 0.717) is 33.7 Å². The van der Waals surface area contributed by atoms with Gasteiger partial charge in [0.05, 0.1) is 12.1 Å². The smallest absolute Gasteiger partial charge is 0.328 e. The SMILES string of the molecule is COc1cc(C=CC(=O)O)cc(Cl)c1OCc1ccc(Cl)cc1. The molecule has 0 saturated carbocycles. The predicted octanol–water partition coefficient (Wildman–Crippen LogP) is 4.68. The summed E-state index contributed by atoms with van der Waals surface area (Å²) in [6, 6.07) is 10.5. The molecule has 0 saturated heterocycles. The number of benzene rings is 2. The Hall–Kier alpha value is -2.17. The zero-order chi connectivity index (χ0) is 16.8. The molecule has 0 atom stereocenters. The van der Waals surface area contributed by atoms with Crippen LogP contribution in [0.15, 0.2) is 42.5 Å². The molecule has 0 unspecified atom stereocenters. The third kappa shape index (κ3) is 4.91. The van der Waals surface area contributed by atoms with Gasteiger partial charge in [0.1, 0.15) is 6.61 Å². The Kier molecular flexibility index (Phi) is 5.90. The van der Waals surface area contributed by atoms with Crippen LogP contribution in [0, 0.1) is 0 Å². The van der Waals surface area contributed by atoms with E-state index in [4.69, 9.17) is 37.8 Å². The molecule has 4 nitrogen and oxygen atoms in total. The van der Waals surface area contributed by atoms with Gasteiger partial charge in [-0.1, -0.05) is 35.3 Å². The van der Waals surface area contributed by atoms with Crippen molar-refractivity contribution in [2.45, 2.75) is 6.61 Å². The second-order valence-electron chi connectivity index (χ2n) is 4.62. The maximum atomic E-state index is 10.6. The van der Waals surface area contributed by atoms with E-state index < -0.39 is 5.97 Å². The first-order valence-corrected chi connectivity index (χ1v) is 7.41. The van der Waals surface area contributed by atoms with Gasteiger partial charge in [-0.15, -0.1) is 0 Å². The summed E-state index contributed by atoms with van der Waals surface area (Å²) >= 11 is 12.1. The van der Waals surface area contributed by atoms with Gasteiger partial charge in [0.2, 0.25) is 0 Å². The summed E-state index contributed by atoms with van der Waals surface area (Å²) < 4.78 is 11.0. The minimum Gasteiger partial charge on any atom is -0.493 e. The first-order valence-electron chi connectivity index (χ1n) is 6.65. The van der Waals surface area contributed by atoms with Crippen molar-refractivity contribution in [1.82, 2.24) is 0 Å². The van der Waals surface area contributed by atoms with E-state index >= 15 is 0 Å². The highest BCUT2D eigenvalue weighted by molar-refractivity contribution is 6.32. The van der Waals surface area contributed by atoms with Gasteiger partial charge in [0.15, 0.2) is 11.5 Å². The van der Waals surface area contributed by atoms with E-state index in [1.54, 1.807) is 24.3 Å². The van der Waals surface area contributed by atoms with Crippen LogP contribution in [0.25, 0.3) is 6.08 Å². The fraction of sp³-hybridized carbons (Fsp3) is 0.118. The predicted molar refractivity (Wildman–Crippen MR) is 90.5 cm³/mol. The molecule has 1 N–H and O–H groups in total. The molecule has 120 valence electrons. The fourth-order valence-corrected chi connectivity index (χ4v) is 2.28. The second kappa shape index (κ2) is 7.90. The van der Waals surface area contributed by atoms with Crippen molar-refractivity contribution in [2.24, 2.45) is 0 Å². The molecular formula is C17H14Cl2O4. The number of carboxylic acid groups (broad SMARTS) is 1. The maximum Gasteiger partial charge on any atom is 0.328 e. The molecule has 0 heterocycles. The molecule has 6 heteroatoms. The van der Waals surface area contributed by atoms with Crippen LogP contribution < -0.4 is 9.47 Å². The average Bonchev–Trinajstić information content (AvgIpc) is 2.53. The number of carbonyl (C=O) groups is 1. The van der Waals surface area contributed by atoms with E-state index in [9.17, 15) is 4.79 Å². The normalized spacial score (nSPS) is 10.7. The van der Waals surface area contributed by atoms with E-state index in [-0.39, 0.29) is 0 Å². The topological polar surface area (TPSA) is 55.8 Å². The Bertz CT molecular complexity index is 724. The zero-order valence-corrected chi connectivity index (χ0v) is 13.8. The van der Waals surface area contributed by atoms with Crippen LogP contribution in [-0.2, 0) is 11.4 Å². The minimum absolute atomic E-state index is 0.303. The number of methoxy groups -OCH3 is 1. The Morgan fingerprint density at radius 2 is 1.91 bits per heavy atom. The molecule has 2 aromatic carbocycles. The van der Waals surface area contributed by atoms with Crippen molar-refractivity contribution in [3.8, 4) is 11.5 Å². The van der Waals surface area contributed by atoms with Gasteiger partial charge in [-0.05, 0) is 41.5 Å². The summed E-state index contributed by atoms with van der Waals surface area (Å²) in [5.41, 5.74) is 1.54. The molecule has 0 radical (unpaired) electrons. The summed E-state index contributed by atoms with van der Waals surface area (Å²) in [6.07, 6.45) is 2.46. The third-order valence-electron chi connectivity index (χ3n) is 2.97. The average molecular weight is 353 g/mol. The Morgan fingerprint density at radius 3 is 2.52 bits per heavy atom. The molecule has 0 aliphatic carbocycles. The van der Waals surface area contributed by atoms with E-state index in [2.05, 4.69) is 0 Å². The van der Waals surface area contributed by atoms with Gasteiger partial charge in [-0.3, -0.25) is 0 Å². The van der Waals surface area contributed by atoms with Crippen LogP contribution in [-0.4, -0.2) is 18.2 Å². The second-order valence-corrected chi connectivity index (χ2v) is 5.46. The monoisotopic (exact) mass is 352 g/mol. The van der Waals surface area contributed by atoms with E-state index in [1.807, 2.05) is 12.1 Å². The lowest BCUT2D eigenvalue weighted by Crippen LogP contribution is -1.99. The molecular weight excluding hydrogens is 339 g/mol. The van der Waals surface area contributed by atoms with Crippen molar-refractivity contribution in [3.05, 3.63) is 63.6 Å². The lowest BCUT2D eigenvalue weighted by atomic mass is 10.2. The van der Waals surface area contributed by atoms with Crippen molar-refractivity contribution in [3.63, 3.8) is 0 Å². The van der Waals surface area contributed by atoms with Crippen LogP contribution in [0.5, 0.6) is 11.5 Å². The van der Waals surface area contributed by atoms with Gasteiger partial charge in [0.25, 0.3) is 0 Å². The van der Waals surface area contributed by atoms with Gasteiger partial charge < -0.3 is 14.6 Å². The summed E-state index contributed by atoms with van der Waals surface area (Å²) in [5, 5.41) is 9.66. The van der Waals surface area contributed by atoms with Crippen molar-refractivity contribution in [2.75, 3.05) is 7.11 Å². The Labute approximate surface area is 143 Å². The number of halogens is 2. The number of rotatable bonds is 6. The van der Waals surface area contributed by atoms with Crippen LogP contribution in [0.1, 0.15) is 11.1 Å². The molecule has 2 aromatic rings. The maximum absolute atomic E-state index is 10.6. The first-order chi connectivity index (χ1) is 11.0. The summed E-state index contributed by atoms with van der Waals surface area (Å²) in [7, 11) is 1.49. The Morgan fingerprint density at radius 1 is 1.22 bits per heavy atom. The van der Waals surface area contributed by atoms with Crippen LogP contribution in [0.2, 0.25) is 10.0 Å². The molecule has 2 rings (SSSR count). The standard InChI is InChI=1S/C17H14Cl2O4/c1-22-15-9-12(4-7-16(20)21)8-14(19)17(15)23-10-11-2-5-13(18)6-3-11/h2-9H,10H2,1H3,(H,20,21). The largest absolute Gasteiger partial charge is 0.493 e. The van der Waals surface area contributed by atoms with E-state index in [0.717, 1.165) is 11.6 Å². The molecule has 0 spiro atoms. The number of hydrogen-bond acceptors (Lipinski definition) is 3. The number of hydrogen-bond donors (Lipinski definition) is 1.